The summed E-state index contributed by atoms with van der Waals surface area (Å²) in [5.41, 5.74) is 2.61. The number of hydrogen-bond acceptors (Lipinski definition) is 1. The maximum Gasteiger partial charge on any atom is 0.167 e. The van der Waals surface area contributed by atoms with Crippen molar-refractivity contribution in [3.63, 3.8) is 0 Å². The van der Waals surface area contributed by atoms with Crippen LogP contribution < -0.4 is 0 Å². The van der Waals surface area contributed by atoms with Gasteiger partial charge in [0.05, 0.1) is 5.69 Å². The van der Waals surface area contributed by atoms with E-state index in [0.29, 0.717) is 10.7 Å². The molecule has 0 spiro atoms. The van der Waals surface area contributed by atoms with Crippen LogP contribution in [0.4, 0.5) is 0 Å². The fourth-order valence-corrected chi connectivity index (χ4v) is 1.69. The molecule has 0 atom stereocenters. The van der Waals surface area contributed by atoms with Gasteiger partial charge in [0.25, 0.3) is 0 Å². The Balaban J connectivity index is 2.53. The van der Waals surface area contributed by atoms with E-state index in [1.165, 1.54) is 0 Å². The molecular formula is C12H10ClNO. The van der Waals surface area contributed by atoms with Crippen molar-refractivity contribution in [1.82, 2.24) is 4.57 Å². The van der Waals surface area contributed by atoms with Crippen LogP contribution in [0.1, 0.15) is 10.5 Å². The first-order chi connectivity index (χ1) is 7.22. The third-order valence-corrected chi connectivity index (χ3v) is 2.64. The zero-order chi connectivity index (χ0) is 10.8. The van der Waals surface area contributed by atoms with Crippen LogP contribution in [0.3, 0.4) is 0 Å². The van der Waals surface area contributed by atoms with E-state index in [1.807, 2.05) is 43.6 Å². The summed E-state index contributed by atoms with van der Waals surface area (Å²) >= 11 is 5.80. The van der Waals surface area contributed by atoms with E-state index in [-0.39, 0.29) is 0 Å². The highest BCUT2D eigenvalue weighted by molar-refractivity contribution is 6.30. The van der Waals surface area contributed by atoms with E-state index >= 15 is 0 Å². The van der Waals surface area contributed by atoms with E-state index in [4.69, 9.17) is 11.6 Å². The smallest absolute Gasteiger partial charge is 0.167 e. The lowest BCUT2D eigenvalue weighted by Gasteiger charge is -2.01. The Morgan fingerprint density at radius 3 is 2.47 bits per heavy atom. The molecule has 0 amide bonds. The molecule has 0 N–H and O–H groups in total. The van der Waals surface area contributed by atoms with Gasteiger partial charge in [0.15, 0.2) is 6.29 Å². The van der Waals surface area contributed by atoms with Crippen LogP contribution in [0, 0.1) is 0 Å². The van der Waals surface area contributed by atoms with Crippen molar-refractivity contribution in [3.05, 3.63) is 47.2 Å². The van der Waals surface area contributed by atoms with Crippen LogP contribution in [0.5, 0.6) is 0 Å². The van der Waals surface area contributed by atoms with Crippen LogP contribution in [0.15, 0.2) is 36.5 Å². The number of halogens is 1. The molecule has 0 aliphatic rings. The molecule has 0 aliphatic carbocycles. The average molecular weight is 220 g/mol. The Bertz CT molecular complexity index is 485. The summed E-state index contributed by atoms with van der Waals surface area (Å²) in [5, 5.41) is 0.697. The molecule has 15 heavy (non-hydrogen) atoms. The second-order valence-electron chi connectivity index (χ2n) is 3.35. The first-order valence-electron chi connectivity index (χ1n) is 4.59. The third kappa shape index (κ3) is 1.81. The molecule has 0 radical (unpaired) electrons. The number of aldehydes is 1. The number of benzene rings is 1. The quantitative estimate of drug-likeness (QED) is 0.712. The number of carbonyl (C=O) groups excluding carboxylic acids is 1. The maximum atomic E-state index is 10.9. The molecule has 3 heteroatoms. The summed E-state index contributed by atoms with van der Waals surface area (Å²) in [7, 11) is 1.85. The molecule has 1 heterocycles. The normalized spacial score (nSPS) is 10.3. The van der Waals surface area contributed by atoms with E-state index in [2.05, 4.69) is 0 Å². The molecule has 0 unspecified atom stereocenters. The van der Waals surface area contributed by atoms with Gasteiger partial charge < -0.3 is 4.57 Å². The van der Waals surface area contributed by atoms with E-state index in [0.717, 1.165) is 17.4 Å². The maximum absolute atomic E-state index is 10.9. The first-order valence-corrected chi connectivity index (χ1v) is 4.96. The summed E-state index contributed by atoms with van der Waals surface area (Å²) in [5.74, 6) is 0. The van der Waals surface area contributed by atoms with Crippen molar-refractivity contribution < 1.29 is 4.79 Å². The minimum Gasteiger partial charge on any atom is -0.348 e. The van der Waals surface area contributed by atoms with Crippen LogP contribution in [0.25, 0.3) is 11.1 Å². The molecule has 2 aromatic rings. The number of rotatable bonds is 2. The lowest BCUT2D eigenvalue weighted by Crippen LogP contribution is -1.93. The molecule has 2 rings (SSSR count). The van der Waals surface area contributed by atoms with Gasteiger partial charge in [-0.3, -0.25) is 4.79 Å². The van der Waals surface area contributed by atoms with E-state index in [1.54, 1.807) is 4.57 Å². The van der Waals surface area contributed by atoms with Crippen LogP contribution >= 0.6 is 11.6 Å². The average Bonchev–Trinajstić information content (AvgIpc) is 2.61. The van der Waals surface area contributed by atoms with Gasteiger partial charge in [-0.2, -0.15) is 0 Å². The zero-order valence-corrected chi connectivity index (χ0v) is 9.03. The second-order valence-corrected chi connectivity index (χ2v) is 3.79. The van der Waals surface area contributed by atoms with Gasteiger partial charge >= 0.3 is 0 Å². The van der Waals surface area contributed by atoms with Gasteiger partial charge in [0.2, 0.25) is 0 Å². The molecule has 0 saturated carbocycles. The van der Waals surface area contributed by atoms with Crippen molar-refractivity contribution in [2.75, 3.05) is 0 Å². The molecule has 1 aromatic heterocycles. The molecule has 1 aromatic carbocycles. The summed E-state index contributed by atoms with van der Waals surface area (Å²) < 4.78 is 1.80. The SMILES string of the molecule is Cn1ccc(-c2ccc(Cl)cc2)c1C=O. The number of hydrogen-bond donors (Lipinski definition) is 0. The second kappa shape index (κ2) is 3.91. The van der Waals surface area contributed by atoms with Gasteiger partial charge in [-0.15, -0.1) is 0 Å². The lowest BCUT2D eigenvalue weighted by atomic mass is 10.1. The Morgan fingerprint density at radius 2 is 1.87 bits per heavy atom. The van der Waals surface area contributed by atoms with Gasteiger partial charge in [-0.25, -0.2) is 0 Å². The molecule has 2 nitrogen and oxygen atoms in total. The van der Waals surface area contributed by atoms with E-state index < -0.39 is 0 Å². The van der Waals surface area contributed by atoms with E-state index in [9.17, 15) is 4.79 Å². The Morgan fingerprint density at radius 1 is 1.20 bits per heavy atom. The first kappa shape index (κ1) is 9.99. The predicted molar refractivity (Wildman–Crippen MR) is 61.2 cm³/mol. The Kier molecular flexibility index (Phi) is 2.60. The standard InChI is InChI=1S/C12H10ClNO/c1-14-7-6-11(12(14)8-15)9-2-4-10(13)5-3-9/h2-8H,1H3. The van der Waals surface area contributed by atoms with Crippen LogP contribution in [-0.2, 0) is 7.05 Å². The monoisotopic (exact) mass is 219 g/mol. The summed E-state index contributed by atoms with van der Waals surface area (Å²) in [6, 6.07) is 9.37. The molecule has 0 aliphatic heterocycles. The molecular weight excluding hydrogens is 210 g/mol. The number of nitrogens with zero attached hydrogens (tertiary/aromatic N) is 1. The Hall–Kier alpha value is -1.54. The predicted octanol–water partition coefficient (Wildman–Crippen LogP) is 3.16. The van der Waals surface area contributed by atoms with Gasteiger partial charge in [-0.1, -0.05) is 23.7 Å². The highest BCUT2D eigenvalue weighted by Crippen LogP contribution is 2.24. The van der Waals surface area contributed by atoms with Crippen molar-refractivity contribution in [3.8, 4) is 11.1 Å². The summed E-state index contributed by atoms with van der Waals surface area (Å²) in [6.07, 6.45) is 2.73. The van der Waals surface area contributed by atoms with Crippen LogP contribution in [-0.4, -0.2) is 10.9 Å². The number of aromatic nitrogens is 1. The lowest BCUT2D eigenvalue weighted by molar-refractivity contribution is 0.111. The highest BCUT2D eigenvalue weighted by atomic mass is 35.5. The molecule has 0 bridgehead atoms. The third-order valence-electron chi connectivity index (χ3n) is 2.39. The van der Waals surface area contributed by atoms with Crippen molar-refractivity contribution in [2.45, 2.75) is 0 Å². The number of aryl methyl sites for hydroxylation is 1. The van der Waals surface area contributed by atoms with Gasteiger partial charge in [0, 0.05) is 23.8 Å². The number of carbonyl (C=O) groups is 1. The van der Waals surface area contributed by atoms with Crippen molar-refractivity contribution in [2.24, 2.45) is 7.05 Å². The largest absolute Gasteiger partial charge is 0.348 e. The molecule has 0 saturated heterocycles. The Labute approximate surface area is 93.1 Å². The summed E-state index contributed by atoms with van der Waals surface area (Å²) in [4.78, 5) is 10.9. The summed E-state index contributed by atoms with van der Waals surface area (Å²) in [6.45, 7) is 0. The van der Waals surface area contributed by atoms with Crippen molar-refractivity contribution in [1.29, 1.82) is 0 Å². The fraction of sp³-hybridized carbons (Fsp3) is 0.0833. The topological polar surface area (TPSA) is 22.0 Å². The highest BCUT2D eigenvalue weighted by Gasteiger charge is 2.07. The minimum atomic E-state index is 0.678. The fourth-order valence-electron chi connectivity index (χ4n) is 1.56. The zero-order valence-electron chi connectivity index (χ0n) is 8.27. The molecule has 76 valence electrons. The molecule has 0 fully saturated rings. The minimum absolute atomic E-state index is 0.678. The van der Waals surface area contributed by atoms with Gasteiger partial charge in [-0.05, 0) is 23.8 Å². The van der Waals surface area contributed by atoms with Crippen LogP contribution in [0.2, 0.25) is 5.02 Å². The van der Waals surface area contributed by atoms with Crippen molar-refractivity contribution >= 4 is 17.9 Å². The van der Waals surface area contributed by atoms with Gasteiger partial charge in [0.1, 0.15) is 0 Å².